The normalized spacial score (nSPS) is 14.0. The number of ketones is 8. The number of Topliss-reactive ketones (excluding diaryl/α,β-unsaturated/α-hetero) is 8. The molecule has 0 heterocycles. The summed E-state index contributed by atoms with van der Waals surface area (Å²) in [6.45, 7) is 16.7. The molecule has 0 aromatic carbocycles. The number of hydrogen-bond acceptors (Lipinski definition) is 30. The Morgan fingerprint density at radius 3 is 0.837 bits per heavy atom. The lowest BCUT2D eigenvalue weighted by Crippen LogP contribution is -2.39. The molecule has 534 valence electrons. The Kier molecular flexibility index (Phi) is 65.6. The molecular formula is C52H86O40. The van der Waals surface area contributed by atoms with Gasteiger partial charge in [0.15, 0.2) is 77.4 Å². The second kappa shape index (κ2) is 58.9. The summed E-state index contributed by atoms with van der Waals surface area (Å²) in [5.74, 6) is -16.1. The van der Waals surface area contributed by atoms with Crippen LogP contribution in [0.4, 0.5) is 0 Å². The average Bonchev–Trinajstić information content (AvgIpc) is 3.42. The van der Waals surface area contributed by atoms with Gasteiger partial charge in [-0.2, -0.15) is 0 Å². The minimum absolute atomic E-state index is 0.0463. The summed E-state index contributed by atoms with van der Waals surface area (Å²) in [6.07, 6.45) is -16.4. The molecule has 0 fully saturated rings. The molecule has 0 rings (SSSR count). The average molecular weight is 1350 g/mol. The van der Waals surface area contributed by atoms with E-state index in [0.29, 0.717) is 0 Å². The van der Waals surface area contributed by atoms with E-state index in [1.165, 1.54) is 76.2 Å². The number of aliphatic carboxylic acids is 10. The Bertz CT molecular complexity index is 2080. The molecule has 40 heteroatoms. The number of hydrogen-bond donors (Lipinski definition) is 17. The van der Waals surface area contributed by atoms with Crippen molar-refractivity contribution in [1.29, 1.82) is 0 Å². The maximum atomic E-state index is 10.7. The second-order valence-electron chi connectivity index (χ2n) is 17.9. The van der Waals surface area contributed by atoms with E-state index >= 15 is 0 Å². The van der Waals surface area contributed by atoms with Crippen molar-refractivity contribution in [2.45, 2.75) is 190 Å². The highest BCUT2D eigenvalue weighted by atomic mass is 16.6. The van der Waals surface area contributed by atoms with Crippen molar-refractivity contribution in [1.82, 2.24) is 0 Å². The molecule has 0 spiro atoms. The molecule has 0 aromatic rings. The Labute approximate surface area is 523 Å². The van der Waals surface area contributed by atoms with Crippen molar-refractivity contribution in [3.8, 4) is 0 Å². The topological polar surface area (TPSA) is 697 Å². The minimum atomic E-state index is -2.27. The molecule has 0 aliphatic heterocycles. The van der Waals surface area contributed by atoms with Gasteiger partial charge < -0.3 is 115 Å². The lowest BCUT2D eigenvalue weighted by Gasteiger charge is -2.16. The zero-order valence-corrected chi connectivity index (χ0v) is 52.4. The molecule has 13 unspecified atom stereocenters. The van der Waals surface area contributed by atoms with Gasteiger partial charge in [-0.25, -0.2) is 38.4 Å². The molecular weight excluding hydrogens is 1260 g/mol. The predicted molar refractivity (Wildman–Crippen MR) is 299 cm³/mol. The first-order chi connectivity index (χ1) is 41.6. The van der Waals surface area contributed by atoms with Crippen molar-refractivity contribution in [2.24, 2.45) is 5.92 Å². The van der Waals surface area contributed by atoms with Crippen molar-refractivity contribution in [2.75, 3.05) is 26.4 Å². The van der Waals surface area contributed by atoms with Gasteiger partial charge in [-0.05, 0) is 90.0 Å². The van der Waals surface area contributed by atoms with Gasteiger partial charge in [0.2, 0.25) is 6.29 Å². The lowest BCUT2D eigenvalue weighted by atomic mass is 10.0. The van der Waals surface area contributed by atoms with Crippen molar-refractivity contribution in [3.05, 3.63) is 0 Å². The summed E-state index contributed by atoms with van der Waals surface area (Å²) in [7, 11) is 0. The number of carbonyl (C=O) groups is 18. The fraction of sp³-hybridized carbons (Fsp3) is 0.654. The maximum Gasteiger partial charge on any atom is 0.335 e. The molecule has 0 aliphatic rings. The highest BCUT2D eigenvalue weighted by Gasteiger charge is 2.30. The first-order valence-corrected chi connectivity index (χ1v) is 25.7. The summed E-state index contributed by atoms with van der Waals surface area (Å²) in [6, 6.07) is 0. The van der Waals surface area contributed by atoms with Crippen LogP contribution in [0.25, 0.3) is 0 Å². The zero-order chi connectivity index (χ0) is 75.4. The van der Waals surface area contributed by atoms with Crippen LogP contribution in [0, 0.1) is 5.92 Å². The SMILES string of the molecule is CC(=O)C(C)C(O)C(=O)O.CC(=O)C(C)OC(C)C(=O)O.CC(=O)C(C)OC(C)C(=O)O.CC(=O)C(CO)OC(CO)C(=O)O.CC(=O)C(O)CC(=O)O.CC(=O)C(O)OC(C)C(=O)O.CC(=O)CCC(=O)O.CC(=O)COCC(=O)O.O=C(O)C(O)C(O)C(=O)O. The number of aliphatic hydroxyl groups is 7. The molecule has 0 saturated heterocycles. The monoisotopic (exact) mass is 1350 g/mol. The number of rotatable bonds is 34. The van der Waals surface area contributed by atoms with Gasteiger partial charge in [-0.3, -0.25) is 43.2 Å². The van der Waals surface area contributed by atoms with Gasteiger partial charge in [0.05, 0.1) is 32.0 Å². The fourth-order valence-corrected chi connectivity index (χ4v) is 3.49. The molecule has 17 N–H and O–H groups in total. The van der Waals surface area contributed by atoms with Crippen molar-refractivity contribution in [3.63, 3.8) is 0 Å². The van der Waals surface area contributed by atoms with Gasteiger partial charge in [-0.15, -0.1) is 0 Å². The Morgan fingerprint density at radius 1 is 0.315 bits per heavy atom. The van der Waals surface area contributed by atoms with Crippen LogP contribution in [0.2, 0.25) is 0 Å². The molecule has 0 aliphatic carbocycles. The third-order valence-electron chi connectivity index (χ3n) is 9.31. The first-order valence-electron chi connectivity index (χ1n) is 25.7. The number of carbonyl (C=O) groups excluding carboxylic acids is 8. The third-order valence-corrected chi connectivity index (χ3v) is 9.31. The van der Waals surface area contributed by atoms with E-state index in [2.05, 4.69) is 14.2 Å². The van der Waals surface area contributed by atoms with E-state index in [-0.39, 0.29) is 48.4 Å². The Morgan fingerprint density at radius 2 is 0.663 bits per heavy atom. The van der Waals surface area contributed by atoms with Gasteiger partial charge in [0.1, 0.15) is 49.2 Å². The summed E-state index contributed by atoms with van der Waals surface area (Å²) < 4.78 is 23.1. The van der Waals surface area contributed by atoms with Crippen LogP contribution in [0.3, 0.4) is 0 Å². The fourth-order valence-electron chi connectivity index (χ4n) is 3.49. The zero-order valence-electron chi connectivity index (χ0n) is 52.4. The van der Waals surface area contributed by atoms with Crippen LogP contribution in [0.1, 0.15) is 116 Å². The van der Waals surface area contributed by atoms with E-state index in [1.807, 2.05) is 0 Å². The van der Waals surface area contributed by atoms with Crippen LogP contribution in [0.15, 0.2) is 0 Å². The van der Waals surface area contributed by atoms with Crippen molar-refractivity contribution < 1.29 is 197 Å². The predicted octanol–water partition coefficient (Wildman–Crippen LogP) is -4.25. The number of ether oxygens (including phenoxy) is 5. The van der Waals surface area contributed by atoms with Crippen LogP contribution < -0.4 is 0 Å². The van der Waals surface area contributed by atoms with Crippen LogP contribution in [-0.2, 0) is 110 Å². The highest BCUT2D eigenvalue weighted by Crippen LogP contribution is 2.05. The van der Waals surface area contributed by atoms with Gasteiger partial charge >= 0.3 is 59.7 Å². The molecule has 92 heavy (non-hydrogen) atoms. The molecule has 0 amide bonds. The summed E-state index contributed by atoms with van der Waals surface area (Å²) in [4.78, 5) is 183. The van der Waals surface area contributed by atoms with Crippen LogP contribution in [0.5, 0.6) is 0 Å². The smallest absolute Gasteiger partial charge is 0.335 e. The van der Waals surface area contributed by atoms with Crippen LogP contribution in [-0.4, -0.2) is 293 Å². The molecule has 40 nitrogen and oxygen atoms in total. The molecule has 0 saturated carbocycles. The Balaban J connectivity index is -0.000000121. The lowest BCUT2D eigenvalue weighted by molar-refractivity contribution is -0.177. The van der Waals surface area contributed by atoms with E-state index in [0.717, 1.165) is 20.8 Å². The first kappa shape index (κ1) is 102. The van der Waals surface area contributed by atoms with E-state index in [4.69, 9.17) is 96.3 Å². The summed E-state index contributed by atoms with van der Waals surface area (Å²) in [5, 5.41) is 141. The molecule has 13 atom stereocenters. The van der Waals surface area contributed by atoms with Gasteiger partial charge in [-0.1, -0.05) is 6.92 Å². The Hall–Kier alpha value is -8.42. The van der Waals surface area contributed by atoms with Gasteiger partial charge in [0.25, 0.3) is 0 Å². The molecule has 0 bridgehead atoms. The van der Waals surface area contributed by atoms with Crippen LogP contribution >= 0.6 is 0 Å². The standard InChI is InChI=1S/C7H12O6.2C7H12O4.C6H10O5.C6H10O4.2C5H8O4.C5H8O3.C4H6O6/c1-4(10)5(2-8)13-6(3-9)7(11)12;2*1-4(8)5(2)11-6(3)7(9)10;1-3(7)6(10)11-4(2)5(8)9;1-3(4(2)7)5(8)6(9)10;1-4(6)2-9-3-5(7)8;1-3(6)4(7)2-5(8)9;1-4(6)2-3-5(7)8;5-1(3(7)8)2(6)4(9)10/h5-6,8-9H,2-3H2,1H3,(H,11,12);2*5-6H,1-3H3,(H,9,10);4,6,10H,1-2H3,(H,8,9);3,5,8H,1-2H3,(H,9,10);2-3H2,1H3,(H,7,8);4,7H,2H2,1H3,(H,8,9);2-3H2,1H3,(H,7,8);1-2,5-6H,(H,7,8)(H,9,10). The van der Waals surface area contributed by atoms with E-state index in [9.17, 15) is 86.3 Å². The van der Waals surface area contributed by atoms with Crippen molar-refractivity contribution >= 4 is 106 Å². The molecule has 0 radical (unpaired) electrons. The second-order valence-corrected chi connectivity index (χ2v) is 17.9. The maximum absolute atomic E-state index is 10.7. The summed E-state index contributed by atoms with van der Waals surface area (Å²) in [5.41, 5.74) is 0. The van der Waals surface area contributed by atoms with E-state index in [1.54, 1.807) is 0 Å². The molecule has 0 aromatic heterocycles. The minimum Gasteiger partial charge on any atom is -0.481 e. The van der Waals surface area contributed by atoms with E-state index < -0.39 is 183 Å². The largest absolute Gasteiger partial charge is 0.481 e. The highest BCUT2D eigenvalue weighted by molar-refractivity contribution is 5.87. The number of aliphatic hydroxyl groups excluding tert-OH is 7. The quantitative estimate of drug-likeness (QED) is 0.0271. The van der Waals surface area contributed by atoms with Gasteiger partial charge in [0, 0.05) is 6.42 Å². The third kappa shape index (κ3) is 70.7. The number of carboxylic acids is 10. The number of carboxylic acid groups (broad SMARTS) is 10. The summed E-state index contributed by atoms with van der Waals surface area (Å²) >= 11 is 0.